The number of amides is 1. The molecule has 0 fully saturated rings. The predicted molar refractivity (Wildman–Crippen MR) is 132 cm³/mol. The smallest absolute Gasteiger partial charge is 0.326 e. The number of benzene rings is 2. The van der Waals surface area contributed by atoms with E-state index in [1.807, 2.05) is 48.0 Å². The van der Waals surface area contributed by atoms with Crippen molar-refractivity contribution < 1.29 is 14.7 Å². The number of anilines is 1. The van der Waals surface area contributed by atoms with Gasteiger partial charge in [-0.3, -0.25) is 4.79 Å². The average Bonchev–Trinajstić information content (AvgIpc) is 2.74. The van der Waals surface area contributed by atoms with E-state index in [4.69, 9.17) is 35.4 Å². The van der Waals surface area contributed by atoms with E-state index in [1.165, 1.54) is 17.7 Å². The Morgan fingerprint density at radius 3 is 2.28 bits per heavy atom. The molecule has 1 atom stereocenters. The number of aliphatic carboxylic acids is 1. The highest BCUT2D eigenvalue weighted by atomic mass is 35.5. The maximum absolute atomic E-state index is 12.6. The van der Waals surface area contributed by atoms with Gasteiger partial charge in [-0.25, -0.2) is 4.79 Å². The molecule has 0 spiro atoms. The van der Waals surface area contributed by atoms with Gasteiger partial charge in [0.2, 0.25) is 0 Å². The highest BCUT2D eigenvalue weighted by molar-refractivity contribution is 7.80. The third kappa shape index (κ3) is 5.06. The first-order valence-corrected chi connectivity index (χ1v) is 11.0. The lowest BCUT2D eigenvalue weighted by atomic mass is 10.0. The Morgan fingerprint density at radius 1 is 1.12 bits per heavy atom. The highest BCUT2D eigenvalue weighted by Gasteiger charge is 2.25. The number of halogens is 2. The quantitative estimate of drug-likeness (QED) is 0.568. The fraction of sp³-hybridized carbons (Fsp3) is 0.261. The van der Waals surface area contributed by atoms with Crippen molar-refractivity contribution in [2.75, 3.05) is 18.5 Å². The number of carbonyl (C=O) groups is 2. The van der Waals surface area contributed by atoms with Gasteiger partial charge in [0.1, 0.15) is 6.04 Å². The number of nitrogens with zero attached hydrogens (tertiary/aromatic N) is 2. The Hall–Kier alpha value is -2.61. The summed E-state index contributed by atoms with van der Waals surface area (Å²) >= 11 is 17.7. The van der Waals surface area contributed by atoms with Crippen LogP contribution in [0.3, 0.4) is 0 Å². The molecule has 1 amide bonds. The van der Waals surface area contributed by atoms with Crippen LogP contribution in [0.25, 0.3) is 0 Å². The van der Waals surface area contributed by atoms with Crippen LogP contribution in [0.15, 0.2) is 53.7 Å². The van der Waals surface area contributed by atoms with Crippen LogP contribution >= 0.6 is 35.4 Å². The van der Waals surface area contributed by atoms with E-state index < -0.39 is 17.9 Å². The van der Waals surface area contributed by atoms with E-state index in [1.54, 1.807) is 6.07 Å². The van der Waals surface area contributed by atoms with Gasteiger partial charge >= 0.3 is 5.97 Å². The molecule has 0 aliphatic carbocycles. The number of nitrogens with one attached hydrogen (secondary N) is 1. The standard InChI is InChI=1S/C23H23Cl2N3O3S/c1-13-12-28(23(32)27(3)14(13)2)16-9-7-15(8-10-16)11-19(22(30)31)26-21(29)20-17(24)5-4-6-18(20)25/h4-10,19H,11-12H2,1-3H3,(H,26,29)(H,30,31). The summed E-state index contributed by atoms with van der Waals surface area (Å²) in [6.45, 7) is 4.80. The van der Waals surface area contributed by atoms with Crippen LogP contribution in [0.1, 0.15) is 29.8 Å². The van der Waals surface area contributed by atoms with Crippen molar-refractivity contribution >= 4 is 58.1 Å². The van der Waals surface area contributed by atoms with Gasteiger partial charge in [0.15, 0.2) is 5.11 Å². The molecule has 3 rings (SSSR count). The minimum Gasteiger partial charge on any atom is -0.480 e. The van der Waals surface area contributed by atoms with Crippen LogP contribution in [-0.4, -0.2) is 46.6 Å². The summed E-state index contributed by atoms with van der Waals surface area (Å²) in [5.74, 6) is -1.79. The second kappa shape index (κ2) is 9.90. The monoisotopic (exact) mass is 491 g/mol. The minimum atomic E-state index is -1.15. The van der Waals surface area contributed by atoms with E-state index in [0.29, 0.717) is 11.7 Å². The number of hydrogen-bond donors (Lipinski definition) is 2. The molecule has 2 aromatic carbocycles. The topological polar surface area (TPSA) is 72.9 Å². The number of carbonyl (C=O) groups excluding carboxylic acids is 1. The largest absolute Gasteiger partial charge is 0.480 e. The van der Waals surface area contributed by atoms with Gasteiger partial charge < -0.3 is 20.2 Å². The molecule has 32 heavy (non-hydrogen) atoms. The Kier molecular flexibility index (Phi) is 7.44. The van der Waals surface area contributed by atoms with Gasteiger partial charge in [-0.15, -0.1) is 0 Å². The molecule has 2 N–H and O–H groups in total. The van der Waals surface area contributed by atoms with Crippen molar-refractivity contribution in [3.63, 3.8) is 0 Å². The molecule has 1 aliphatic heterocycles. The number of thiocarbonyl (C=S) groups is 1. The molecule has 0 saturated heterocycles. The van der Waals surface area contributed by atoms with E-state index in [9.17, 15) is 14.7 Å². The molecule has 168 valence electrons. The summed E-state index contributed by atoms with van der Waals surface area (Å²) in [5.41, 5.74) is 4.08. The number of rotatable bonds is 6. The fourth-order valence-electron chi connectivity index (χ4n) is 3.42. The van der Waals surface area contributed by atoms with Gasteiger partial charge in [-0.1, -0.05) is 41.4 Å². The Morgan fingerprint density at radius 2 is 1.72 bits per heavy atom. The third-order valence-corrected chi connectivity index (χ3v) is 6.64. The van der Waals surface area contributed by atoms with Crippen LogP contribution in [0.5, 0.6) is 0 Å². The Balaban J connectivity index is 1.75. The SMILES string of the molecule is CC1=C(C)N(C)C(=S)N(c2ccc(CC(NC(=O)c3c(Cl)cccc3Cl)C(=O)O)cc2)C1. The molecular weight excluding hydrogens is 469 g/mol. The maximum atomic E-state index is 12.6. The second-order valence-electron chi connectivity index (χ2n) is 7.62. The number of carboxylic acid groups (broad SMARTS) is 1. The highest BCUT2D eigenvalue weighted by Crippen LogP contribution is 2.26. The van der Waals surface area contributed by atoms with Gasteiger partial charge in [0.25, 0.3) is 5.91 Å². The molecule has 2 aromatic rings. The first-order chi connectivity index (χ1) is 15.1. The number of hydrogen-bond acceptors (Lipinski definition) is 3. The van der Waals surface area contributed by atoms with Crippen molar-refractivity contribution in [1.82, 2.24) is 10.2 Å². The van der Waals surface area contributed by atoms with Crippen molar-refractivity contribution in [3.8, 4) is 0 Å². The van der Waals surface area contributed by atoms with Crippen LogP contribution in [0.2, 0.25) is 10.0 Å². The second-order valence-corrected chi connectivity index (χ2v) is 8.80. The average molecular weight is 492 g/mol. The predicted octanol–water partition coefficient (Wildman–Crippen LogP) is 4.75. The van der Waals surface area contributed by atoms with Crippen molar-refractivity contribution in [2.45, 2.75) is 26.3 Å². The van der Waals surface area contributed by atoms with Crippen LogP contribution in [-0.2, 0) is 11.2 Å². The van der Waals surface area contributed by atoms with Crippen molar-refractivity contribution in [1.29, 1.82) is 0 Å². The number of carboxylic acids is 1. The number of allylic oxidation sites excluding steroid dienone is 1. The lowest BCUT2D eigenvalue weighted by Crippen LogP contribution is -2.45. The molecule has 0 saturated carbocycles. The molecule has 0 bridgehead atoms. The zero-order valence-corrected chi connectivity index (χ0v) is 20.2. The van der Waals surface area contributed by atoms with E-state index >= 15 is 0 Å². The summed E-state index contributed by atoms with van der Waals surface area (Å²) < 4.78 is 0. The van der Waals surface area contributed by atoms with Crippen molar-refractivity contribution in [3.05, 3.63) is 74.9 Å². The molecule has 0 aromatic heterocycles. The summed E-state index contributed by atoms with van der Waals surface area (Å²) in [7, 11) is 1.94. The van der Waals surface area contributed by atoms with Crippen LogP contribution in [0.4, 0.5) is 5.69 Å². The molecule has 0 radical (unpaired) electrons. The zero-order valence-electron chi connectivity index (χ0n) is 17.9. The Bertz CT molecular complexity index is 1080. The summed E-state index contributed by atoms with van der Waals surface area (Å²) in [6.07, 6.45) is 0.103. The van der Waals surface area contributed by atoms with E-state index in [0.717, 1.165) is 16.9 Å². The summed E-state index contributed by atoms with van der Waals surface area (Å²) in [5, 5.41) is 13.2. The molecular formula is C23H23Cl2N3O3S. The van der Waals surface area contributed by atoms with Gasteiger partial charge in [-0.2, -0.15) is 0 Å². The summed E-state index contributed by atoms with van der Waals surface area (Å²) in [4.78, 5) is 28.4. The van der Waals surface area contributed by atoms with E-state index in [-0.39, 0.29) is 22.0 Å². The fourth-order valence-corrected chi connectivity index (χ4v) is 4.30. The van der Waals surface area contributed by atoms with Crippen LogP contribution < -0.4 is 10.2 Å². The van der Waals surface area contributed by atoms with Crippen molar-refractivity contribution in [2.24, 2.45) is 0 Å². The van der Waals surface area contributed by atoms with Gasteiger partial charge in [0, 0.05) is 31.4 Å². The molecule has 1 aliphatic rings. The zero-order chi connectivity index (χ0) is 23.6. The molecule has 1 heterocycles. The lowest BCUT2D eigenvalue weighted by Gasteiger charge is -2.37. The van der Waals surface area contributed by atoms with Gasteiger partial charge in [-0.05, 0) is 61.5 Å². The van der Waals surface area contributed by atoms with E-state index in [2.05, 4.69) is 12.2 Å². The first-order valence-electron chi connectivity index (χ1n) is 9.88. The maximum Gasteiger partial charge on any atom is 0.326 e. The molecule has 1 unspecified atom stereocenters. The third-order valence-electron chi connectivity index (χ3n) is 5.51. The lowest BCUT2D eigenvalue weighted by molar-refractivity contribution is -0.139. The van der Waals surface area contributed by atoms with Gasteiger partial charge in [0.05, 0.1) is 15.6 Å². The first kappa shape index (κ1) is 24.0. The minimum absolute atomic E-state index is 0.0545. The normalized spacial score (nSPS) is 15.1. The molecule has 9 heteroatoms. The Labute approximate surface area is 202 Å². The molecule has 6 nitrogen and oxygen atoms in total. The summed E-state index contributed by atoms with van der Waals surface area (Å²) in [6, 6.07) is 11.0. The van der Waals surface area contributed by atoms with Crippen LogP contribution in [0, 0.1) is 0 Å².